The third kappa shape index (κ3) is 7.35. The lowest BCUT2D eigenvalue weighted by Gasteiger charge is -2.22. The number of hydrogen-bond acceptors (Lipinski definition) is 10. The van der Waals surface area contributed by atoms with Gasteiger partial charge in [0.1, 0.15) is 0 Å². The highest BCUT2D eigenvalue weighted by atomic mass is 32.2. The van der Waals surface area contributed by atoms with E-state index in [9.17, 15) is 9.59 Å². The van der Waals surface area contributed by atoms with Crippen molar-refractivity contribution >= 4 is 79.0 Å². The first-order chi connectivity index (χ1) is 20.1. The van der Waals surface area contributed by atoms with Crippen LogP contribution in [0.2, 0.25) is 0 Å². The number of aryl methyl sites for hydroxylation is 2. The van der Waals surface area contributed by atoms with Crippen LogP contribution in [0.1, 0.15) is 53.4 Å². The molecule has 0 fully saturated rings. The van der Waals surface area contributed by atoms with Crippen LogP contribution in [0.25, 0.3) is 10.8 Å². The lowest BCUT2D eigenvalue weighted by Crippen LogP contribution is -2.13. The van der Waals surface area contributed by atoms with Crippen LogP contribution in [0.15, 0.2) is 63.3 Å². The Kier molecular flexibility index (Phi) is 9.26. The molecule has 5 rings (SSSR count). The largest absolute Gasteiger partial charge is 0.300 e. The predicted molar refractivity (Wildman–Crippen MR) is 175 cm³/mol. The van der Waals surface area contributed by atoms with E-state index in [1.807, 2.05) is 36.4 Å². The first-order valence-corrected chi connectivity index (χ1v) is 16.8. The number of hydrogen-bond donors (Lipinski definition) is 2. The number of aromatic nitrogens is 4. The van der Waals surface area contributed by atoms with Gasteiger partial charge < -0.3 is 0 Å². The van der Waals surface area contributed by atoms with Gasteiger partial charge in [0.2, 0.25) is 16.2 Å². The standard InChI is InChI=1S/C30H30N6O2S4/c1-17-13-20(30(3,4)5)14-18(2)23(17)15-39-28-35-33-26(41-28)31-24(37)16-40-29-36-34-27(42-29)32-25(38)22-12-8-10-19-9-6-7-11-21(19)22/h6-14H,15-16H2,1-5H3,(H,31,33,37)(H,32,34,38). The molecule has 12 heteroatoms. The van der Waals surface area contributed by atoms with Gasteiger partial charge in [0.25, 0.3) is 5.91 Å². The van der Waals surface area contributed by atoms with Crippen molar-refractivity contribution in [2.24, 2.45) is 0 Å². The van der Waals surface area contributed by atoms with Crippen LogP contribution in [0.5, 0.6) is 0 Å². The number of carbonyl (C=O) groups is 2. The van der Waals surface area contributed by atoms with Crippen LogP contribution >= 0.6 is 46.2 Å². The summed E-state index contributed by atoms with van der Waals surface area (Å²) in [4.78, 5) is 25.4. The Morgan fingerprint density at radius 2 is 1.43 bits per heavy atom. The number of rotatable bonds is 9. The van der Waals surface area contributed by atoms with Gasteiger partial charge >= 0.3 is 0 Å². The second-order valence-corrected chi connectivity index (χ2v) is 15.1. The molecule has 0 spiro atoms. The highest BCUT2D eigenvalue weighted by molar-refractivity contribution is 8.01. The summed E-state index contributed by atoms with van der Waals surface area (Å²) in [6.07, 6.45) is 0. The Morgan fingerprint density at radius 1 is 0.810 bits per heavy atom. The SMILES string of the molecule is Cc1cc(C(C)(C)C)cc(C)c1CSc1nnc(NC(=O)CSc2nnc(NC(=O)c3cccc4ccccc34)s2)s1. The molecule has 8 nitrogen and oxygen atoms in total. The molecular formula is C30H30N6O2S4. The molecule has 2 N–H and O–H groups in total. The van der Waals surface area contributed by atoms with Gasteiger partial charge in [-0.25, -0.2) is 0 Å². The van der Waals surface area contributed by atoms with Crippen LogP contribution in [-0.4, -0.2) is 38.0 Å². The summed E-state index contributed by atoms with van der Waals surface area (Å²) in [7, 11) is 0. The van der Waals surface area contributed by atoms with Gasteiger partial charge in [0.15, 0.2) is 8.68 Å². The van der Waals surface area contributed by atoms with E-state index in [-0.39, 0.29) is 23.0 Å². The zero-order valence-electron chi connectivity index (χ0n) is 23.8. The van der Waals surface area contributed by atoms with E-state index in [2.05, 4.69) is 77.8 Å². The van der Waals surface area contributed by atoms with Crippen molar-refractivity contribution in [3.8, 4) is 0 Å². The van der Waals surface area contributed by atoms with E-state index >= 15 is 0 Å². The van der Waals surface area contributed by atoms with Crippen molar-refractivity contribution in [1.82, 2.24) is 20.4 Å². The van der Waals surface area contributed by atoms with E-state index in [1.165, 1.54) is 56.7 Å². The molecular weight excluding hydrogens is 605 g/mol. The van der Waals surface area contributed by atoms with Crippen molar-refractivity contribution in [1.29, 1.82) is 0 Å². The Hall–Kier alpha value is -3.32. The van der Waals surface area contributed by atoms with Crippen LogP contribution in [0.4, 0.5) is 10.3 Å². The quantitative estimate of drug-likeness (QED) is 0.125. The number of carbonyl (C=O) groups excluding carboxylic acids is 2. The minimum atomic E-state index is -0.255. The van der Waals surface area contributed by atoms with E-state index in [1.54, 1.807) is 17.8 Å². The fourth-order valence-electron chi connectivity index (χ4n) is 4.30. The maximum atomic E-state index is 12.9. The number of nitrogens with zero attached hydrogens (tertiary/aromatic N) is 4. The number of fused-ring (bicyclic) bond motifs is 1. The van der Waals surface area contributed by atoms with Gasteiger partial charge in [-0.2, -0.15) is 0 Å². The number of anilines is 2. The maximum Gasteiger partial charge on any atom is 0.258 e. The third-order valence-corrected chi connectivity index (χ3v) is 10.5. The van der Waals surface area contributed by atoms with Gasteiger partial charge in [-0.05, 0) is 58.4 Å². The summed E-state index contributed by atoms with van der Waals surface area (Å²) < 4.78 is 1.38. The average Bonchev–Trinajstić information content (AvgIpc) is 3.59. The van der Waals surface area contributed by atoms with Crippen molar-refractivity contribution in [2.45, 2.75) is 54.5 Å². The molecule has 3 aromatic carbocycles. The Balaban J connectivity index is 1.11. The number of benzene rings is 3. The van der Waals surface area contributed by atoms with E-state index in [4.69, 9.17) is 0 Å². The van der Waals surface area contributed by atoms with Gasteiger partial charge in [-0.15, -0.1) is 20.4 Å². The first kappa shape index (κ1) is 30.1. The normalized spacial score (nSPS) is 11.5. The minimum absolute atomic E-state index is 0.109. The van der Waals surface area contributed by atoms with Crippen molar-refractivity contribution in [2.75, 3.05) is 16.4 Å². The highest BCUT2D eigenvalue weighted by Gasteiger charge is 2.18. The maximum absolute atomic E-state index is 12.9. The average molecular weight is 635 g/mol. The van der Waals surface area contributed by atoms with E-state index in [0.29, 0.717) is 20.2 Å². The smallest absolute Gasteiger partial charge is 0.258 e. The zero-order valence-corrected chi connectivity index (χ0v) is 27.1. The van der Waals surface area contributed by atoms with Gasteiger partial charge in [0.05, 0.1) is 5.75 Å². The molecule has 0 atom stereocenters. The summed E-state index contributed by atoms with van der Waals surface area (Å²) in [5.74, 6) is 0.451. The van der Waals surface area contributed by atoms with Crippen molar-refractivity contribution in [3.05, 3.63) is 82.4 Å². The molecule has 0 aliphatic rings. The molecule has 0 unspecified atom stereocenters. The topological polar surface area (TPSA) is 110 Å². The van der Waals surface area contributed by atoms with Crippen LogP contribution in [-0.2, 0) is 16.0 Å². The molecule has 0 saturated carbocycles. The Morgan fingerprint density at radius 3 is 2.12 bits per heavy atom. The van der Waals surface area contributed by atoms with Crippen molar-refractivity contribution in [3.63, 3.8) is 0 Å². The van der Waals surface area contributed by atoms with Crippen LogP contribution in [0, 0.1) is 13.8 Å². The molecule has 0 aliphatic carbocycles. The number of amides is 2. The second kappa shape index (κ2) is 12.9. The monoisotopic (exact) mass is 634 g/mol. The molecule has 216 valence electrons. The summed E-state index contributed by atoms with van der Waals surface area (Å²) in [5.41, 5.74) is 5.86. The minimum Gasteiger partial charge on any atom is -0.300 e. The third-order valence-electron chi connectivity index (χ3n) is 6.54. The molecule has 2 amide bonds. The fraction of sp³-hybridized carbons (Fsp3) is 0.267. The number of nitrogens with one attached hydrogen (secondary N) is 2. The predicted octanol–water partition coefficient (Wildman–Crippen LogP) is 7.73. The van der Waals surface area contributed by atoms with Crippen LogP contribution < -0.4 is 10.6 Å². The molecule has 0 aliphatic heterocycles. The zero-order chi connectivity index (χ0) is 29.9. The summed E-state index contributed by atoms with van der Waals surface area (Å²) in [6.45, 7) is 11.0. The summed E-state index contributed by atoms with van der Waals surface area (Å²) in [6, 6.07) is 17.9. The Bertz CT molecular complexity index is 1730. The van der Waals surface area contributed by atoms with Crippen LogP contribution in [0.3, 0.4) is 0 Å². The molecule has 5 aromatic rings. The molecule has 2 aromatic heterocycles. The number of thioether (sulfide) groups is 2. The summed E-state index contributed by atoms with van der Waals surface area (Å²) >= 11 is 5.44. The molecule has 0 radical (unpaired) electrons. The molecule has 2 heterocycles. The second-order valence-electron chi connectivity index (χ2n) is 10.7. The molecule has 42 heavy (non-hydrogen) atoms. The fourth-order valence-corrected chi connectivity index (χ4v) is 7.81. The van der Waals surface area contributed by atoms with E-state index < -0.39 is 0 Å². The highest BCUT2D eigenvalue weighted by Crippen LogP contribution is 2.33. The Labute approximate surface area is 261 Å². The van der Waals surface area contributed by atoms with Gasteiger partial charge in [-0.3, -0.25) is 20.2 Å². The van der Waals surface area contributed by atoms with E-state index in [0.717, 1.165) is 20.9 Å². The van der Waals surface area contributed by atoms with Crippen molar-refractivity contribution < 1.29 is 9.59 Å². The lowest BCUT2D eigenvalue weighted by molar-refractivity contribution is -0.113. The van der Waals surface area contributed by atoms with Gasteiger partial charge in [-0.1, -0.05) is 115 Å². The first-order valence-electron chi connectivity index (χ1n) is 13.2. The summed E-state index contributed by atoms with van der Waals surface area (Å²) in [5, 5.41) is 24.9. The molecule has 0 bridgehead atoms. The van der Waals surface area contributed by atoms with Gasteiger partial charge in [0, 0.05) is 11.3 Å². The lowest BCUT2D eigenvalue weighted by atomic mass is 9.84. The molecule has 0 saturated heterocycles.